The van der Waals surface area contributed by atoms with E-state index in [0.29, 0.717) is 26.4 Å². The van der Waals surface area contributed by atoms with Gasteiger partial charge in [0, 0.05) is 22.3 Å². The Morgan fingerprint density at radius 1 is 0.267 bits per heavy atom. The van der Waals surface area contributed by atoms with Gasteiger partial charge in [-0.3, -0.25) is 0 Å². The summed E-state index contributed by atoms with van der Waals surface area (Å²) in [5, 5.41) is 0. The van der Waals surface area contributed by atoms with Gasteiger partial charge in [0.25, 0.3) is 0 Å². The summed E-state index contributed by atoms with van der Waals surface area (Å²) in [5.41, 5.74) is 13.6. The smallest absolute Gasteiger partial charge is 0.657 e. The van der Waals surface area contributed by atoms with E-state index in [2.05, 4.69) is 146 Å². The quantitative estimate of drug-likeness (QED) is 0.139. The monoisotopic (exact) mass is 1040 g/mol. The summed E-state index contributed by atoms with van der Waals surface area (Å²) in [4.78, 5) is 22.5. The molecule has 4 aliphatic heterocycles. The van der Waals surface area contributed by atoms with Crippen molar-refractivity contribution in [2.75, 3.05) is 26.4 Å². The molecular formula is C66H68N4O4Zn. The Bertz CT molecular complexity index is 2870. The van der Waals surface area contributed by atoms with E-state index in [-0.39, 0.29) is 19.5 Å². The third-order valence-electron chi connectivity index (χ3n) is 14.8. The maximum atomic E-state index is 6.77. The van der Waals surface area contributed by atoms with Gasteiger partial charge in [-0.15, -0.1) is 22.1 Å². The molecule has 0 unspecified atom stereocenters. The van der Waals surface area contributed by atoms with Gasteiger partial charge < -0.3 is 28.9 Å². The Labute approximate surface area is 455 Å². The van der Waals surface area contributed by atoms with Gasteiger partial charge in [0.15, 0.2) is 0 Å². The van der Waals surface area contributed by atoms with Gasteiger partial charge in [0.05, 0.1) is 49.2 Å². The van der Waals surface area contributed by atoms with Crippen LogP contribution in [0.2, 0.25) is 0 Å². The minimum absolute atomic E-state index is 0. The van der Waals surface area contributed by atoms with Crippen LogP contribution in [0.25, 0.3) is 90.9 Å². The number of rotatable bonds is 0. The first-order chi connectivity index (χ1) is 36.8. The number of para-hydroxylation sites is 4. The third kappa shape index (κ3) is 12.2. The number of nitrogens with zero attached hydrogens (tertiary/aromatic N) is 4. The second kappa shape index (κ2) is 25.7. The minimum atomic E-state index is 0. The van der Waals surface area contributed by atoms with Crippen LogP contribution in [0.1, 0.15) is 138 Å². The van der Waals surface area contributed by atoms with Gasteiger partial charge in [0.1, 0.15) is 23.0 Å². The first kappa shape index (κ1) is 51.8. The number of fused-ring (bicyclic) bond motifs is 10. The van der Waals surface area contributed by atoms with Crippen molar-refractivity contribution in [3.63, 3.8) is 0 Å². The van der Waals surface area contributed by atoms with Crippen LogP contribution in [0, 0.1) is 0 Å². The van der Waals surface area contributed by atoms with Gasteiger partial charge in [-0.05, 0) is 96.5 Å². The molecule has 8 nitrogen and oxygen atoms in total. The summed E-state index contributed by atoms with van der Waals surface area (Å²) in [6.07, 6.45) is 29.3. The molecule has 9 heteroatoms. The molecule has 0 radical (unpaired) electrons. The summed E-state index contributed by atoms with van der Waals surface area (Å²) in [6, 6.07) is 42.1. The van der Waals surface area contributed by atoms with Crippen LogP contribution in [0.5, 0.6) is 23.0 Å². The SMILES string of the molecule is C1=Cc2nc1c1c3ccc([n-]3)c3c4nc(c(c5ccc([n-]5)c2-c2ccccc2OCCCCCCCCCCCOc2ccccc2-3)-c2ccccc2OCCCCCCCCCCCOc2ccccc2-1)C=C4.[Zn+2]. The van der Waals surface area contributed by atoms with Gasteiger partial charge in [0.2, 0.25) is 0 Å². The second-order valence-corrected chi connectivity index (χ2v) is 20.1. The van der Waals surface area contributed by atoms with Crippen molar-refractivity contribution in [1.82, 2.24) is 19.9 Å². The van der Waals surface area contributed by atoms with E-state index < -0.39 is 0 Å². The maximum Gasteiger partial charge on any atom is 2.00 e. The fourth-order valence-electron chi connectivity index (χ4n) is 11.0. The molecule has 0 amide bonds. The molecule has 0 fully saturated rings. The fourth-order valence-corrected chi connectivity index (χ4v) is 11.0. The first-order valence-corrected chi connectivity index (χ1v) is 27.7. The van der Waals surface area contributed by atoms with Crippen LogP contribution >= 0.6 is 0 Å². The van der Waals surface area contributed by atoms with Crippen LogP contribution in [0.15, 0.2) is 121 Å². The molecule has 3 aromatic heterocycles. The van der Waals surface area contributed by atoms with E-state index in [1.807, 2.05) is 0 Å². The van der Waals surface area contributed by atoms with Crippen molar-refractivity contribution >= 4 is 46.4 Å². The zero-order valence-electron chi connectivity index (χ0n) is 43.5. The molecule has 4 aliphatic rings. The molecule has 0 saturated heterocycles. The Balaban J connectivity index is 0.00000641. The normalized spacial score (nSPS) is 16.1. The number of benzene rings is 4. The zero-order valence-corrected chi connectivity index (χ0v) is 46.5. The molecule has 75 heavy (non-hydrogen) atoms. The molecule has 0 aliphatic carbocycles. The van der Waals surface area contributed by atoms with E-state index >= 15 is 0 Å². The van der Waals surface area contributed by atoms with E-state index in [9.17, 15) is 0 Å². The average molecular weight is 1050 g/mol. The molecule has 7 heterocycles. The number of hydrogen-bond donors (Lipinski definition) is 0. The molecule has 0 atom stereocenters. The number of aromatic nitrogens is 4. The molecular weight excluding hydrogens is 978 g/mol. The Kier molecular flexibility index (Phi) is 17.7. The molecule has 12 bridgehead atoms. The van der Waals surface area contributed by atoms with E-state index in [1.165, 1.54) is 64.2 Å². The fraction of sp³-hybridized carbons (Fsp3) is 0.333. The molecule has 11 rings (SSSR count). The van der Waals surface area contributed by atoms with Gasteiger partial charge in [-0.25, -0.2) is 9.97 Å². The number of hydrogen-bond acceptors (Lipinski definition) is 6. The Hall–Kier alpha value is -6.70. The molecule has 0 saturated carbocycles. The zero-order chi connectivity index (χ0) is 49.7. The third-order valence-corrected chi connectivity index (χ3v) is 14.8. The number of ether oxygens (including phenoxy) is 4. The Morgan fingerprint density at radius 2 is 0.480 bits per heavy atom. The summed E-state index contributed by atoms with van der Waals surface area (Å²) < 4.78 is 27.1. The van der Waals surface area contributed by atoms with Crippen LogP contribution in [-0.4, -0.2) is 36.4 Å². The van der Waals surface area contributed by atoms with Crippen LogP contribution in [0.3, 0.4) is 0 Å². The van der Waals surface area contributed by atoms with Crippen LogP contribution < -0.4 is 28.9 Å². The molecule has 7 aromatic rings. The predicted octanol–water partition coefficient (Wildman–Crippen LogP) is 17.1. The van der Waals surface area contributed by atoms with Crippen molar-refractivity contribution in [3.8, 4) is 67.5 Å². The summed E-state index contributed by atoms with van der Waals surface area (Å²) in [6.45, 7) is 2.52. The summed E-state index contributed by atoms with van der Waals surface area (Å²) in [5.74, 6) is 3.26. The van der Waals surface area contributed by atoms with Gasteiger partial charge in [-0.1, -0.05) is 187 Å². The topological polar surface area (TPSA) is 90.9 Å². The second-order valence-electron chi connectivity index (χ2n) is 20.1. The predicted molar refractivity (Wildman–Crippen MR) is 304 cm³/mol. The minimum Gasteiger partial charge on any atom is -0.657 e. The van der Waals surface area contributed by atoms with Crippen LogP contribution in [-0.2, 0) is 19.5 Å². The summed E-state index contributed by atoms with van der Waals surface area (Å²) >= 11 is 0. The average Bonchev–Trinajstić information content (AvgIpc) is 4.29. The van der Waals surface area contributed by atoms with Crippen molar-refractivity contribution < 1.29 is 38.4 Å². The van der Waals surface area contributed by atoms with Crippen molar-refractivity contribution in [2.24, 2.45) is 0 Å². The van der Waals surface area contributed by atoms with Crippen molar-refractivity contribution in [3.05, 3.63) is 144 Å². The molecule has 0 spiro atoms. The van der Waals surface area contributed by atoms with E-state index in [4.69, 9.17) is 38.9 Å². The maximum absolute atomic E-state index is 6.77. The first-order valence-electron chi connectivity index (χ1n) is 27.7. The molecule has 378 valence electrons. The van der Waals surface area contributed by atoms with Crippen molar-refractivity contribution in [2.45, 2.75) is 116 Å². The molecule has 0 N–H and O–H groups in total. The van der Waals surface area contributed by atoms with E-state index in [0.717, 1.165) is 164 Å². The molecule has 4 aromatic carbocycles. The Morgan fingerprint density at radius 3 is 0.720 bits per heavy atom. The van der Waals surface area contributed by atoms with Crippen molar-refractivity contribution in [1.29, 1.82) is 0 Å². The summed E-state index contributed by atoms with van der Waals surface area (Å²) in [7, 11) is 0. The van der Waals surface area contributed by atoms with Gasteiger partial charge >= 0.3 is 19.5 Å². The standard InChI is InChI=1S/C66H68N4O4.Zn/c1-3-7-11-23-43-71-59-31-19-15-27-47(59)63-51-35-39-55(67-51)65-49-29-17-21-33-61(49)73-45-25-13-9-5-2-6-10-14-26-46-74-62-34-22-18-30-50(62)66(56-40-36-52(63)68-56)58-42-38-54(70-58)64(53-37-41-57(65)69-53)48-28-16-20-32-60(48)72-44-24-12-8-4-1;/h15-22,27-42H,1-14,23-26,43-46H2;/q-2;+2. The van der Waals surface area contributed by atoms with Crippen LogP contribution in [0.4, 0.5) is 0 Å². The van der Waals surface area contributed by atoms with Gasteiger partial charge in [-0.2, -0.15) is 0 Å². The largest absolute Gasteiger partial charge is 2.00 e. The van der Waals surface area contributed by atoms with E-state index in [1.54, 1.807) is 0 Å².